The van der Waals surface area contributed by atoms with Crippen LogP contribution in [0.2, 0.25) is 0 Å². The highest BCUT2D eigenvalue weighted by Gasteiger charge is 2.21. The summed E-state index contributed by atoms with van der Waals surface area (Å²) in [5.41, 5.74) is 1.79. The van der Waals surface area contributed by atoms with Crippen LogP contribution in [-0.4, -0.2) is 68.1 Å². The first-order chi connectivity index (χ1) is 20.7. The molecule has 0 saturated heterocycles. The van der Waals surface area contributed by atoms with Gasteiger partial charge in [0.25, 0.3) is 17.7 Å². The Kier molecular flexibility index (Phi) is 15.8. The van der Waals surface area contributed by atoms with Crippen LogP contribution in [0.4, 0.5) is 5.69 Å². The van der Waals surface area contributed by atoms with Gasteiger partial charge >= 0.3 is 0 Å². The molecule has 8 heteroatoms. The van der Waals surface area contributed by atoms with E-state index in [0.29, 0.717) is 53.7 Å². The third-order valence-corrected chi connectivity index (χ3v) is 8.20. The Labute approximate surface area is 259 Å². The van der Waals surface area contributed by atoms with Gasteiger partial charge in [0, 0.05) is 23.4 Å². The van der Waals surface area contributed by atoms with Crippen molar-refractivity contribution in [3.05, 3.63) is 59.2 Å². The zero-order valence-electron chi connectivity index (χ0n) is 27.4. The van der Waals surface area contributed by atoms with Crippen LogP contribution in [0.1, 0.15) is 111 Å². The quantitative estimate of drug-likeness (QED) is 0.118. The van der Waals surface area contributed by atoms with Gasteiger partial charge in [-0.1, -0.05) is 52.9 Å². The lowest BCUT2D eigenvalue weighted by Crippen LogP contribution is -2.51. The summed E-state index contributed by atoms with van der Waals surface area (Å²) in [6.07, 6.45) is 6.82. The summed E-state index contributed by atoms with van der Waals surface area (Å²) in [6, 6.07) is 11.8. The molecule has 0 bridgehead atoms. The van der Waals surface area contributed by atoms with Crippen molar-refractivity contribution in [1.29, 1.82) is 0 Å². The Morgan fingerprint density at radius 1 is 0.744 bits per heavy atom. The number of benzene rings is 2. The van der Waals surface area contributed by atoms with Gasteiger partial charge in [0.2, 0.25) is 0 Å². The number of carbonyl (C=O) groups excluding carboxylic acids is 3. The molecule has 0 atom stereocenters. The molecule has 2 aromatic carbocycles. The smallest absolute Gasteiger partial charge is 0.259 e. The van der Waals surface area contributed by atoms with Gasteiger partial charge in [-0.25, -0.2) is 0 Å². The number of hydrogen-bond donors (Lipinski definition) is 3. The van der Waals surface area contributed by atoms with E-state index in [1.165, 1.54) is 25.7 Å². The Hall–Kier alpha value is -3.39. The maximum absolute atomic E-state index is 13.4. The van der Waals surface area contributed by atoms with Crippen LogP contribution < -0.4 is 20.7 Å². The van der Waals surface area contributed by atoms with E-state index in [9.17, 15) is 14.4 Å². The van der Waals surface area contributed by atoms with Crippen molar-refractivity contribution in [2.45, 2.75) is 80.1 Å². The first kappa shape index (κ1) is 35.8. The second kappa shape index (κ2) is 19.0. The third kappa shape index (κ3) is 12.0. The Morgan fingerprint density at radius 3 is 1.98 bits per heavy atom. The number of likely N-dealkylation sites (N-methyl/N-ethyl adjacent to an activating group) is 1. The first-order valence-corrected chi connectivity index (χ1v) is 16.3. The van der Waals surface area contributed by atoms with Crippen molar-refractivity contribution in [3.8, 4) is 5.75 Å². The minimum absolute atomic E-state index is 0.134. The fourth-order valence-electron chi connectivity index (χ4n) is 5.00. The predicted molar refractivity (Wildman–Crippen MR) is 176 cm³/mol. The second-order valence-corrected chi connectivity index (χ2v) is 11.7. The number of ether oxygens (including phenoxy) is 1. The molecule has 0 aliphatic heterocycles. The standard InChI is InChI=1S/C35H54N4O4/c1-7-11-12-13-14-15-24-43-32-21-18-29(34(41)37-26-27(5)6)25-31(32)35(42)38-30-19-16-28(17-20-30)33(40)36-22-23-39(8-2,9-3)10-4/h16-21,25,27H,7-15,22-24,26H2,1-6H3,(H2-,36,37,38,40,41,42)/p+1. The number of nitrogens with zero attached hydrogens (tertiary/aromatic N) is 1. The summed E-state index contributed by atoms with van der Waals surface area (Å²) in [6.45, 7) is 18.5. The lowest BCUT2D eigenvalue weighted by Gasteiger charge is -2.35. The molecule has 0 fully saturated rings. The van der Waals surface area contributed by atoms with E-state index in [1.54, 1.807) is 42.5 Å². The minimum Gasteiger partial charge on any atom is -0.493 e. The lowest BCUT2D eigenvalue weighted by atomic mass is 10.1. The SMILES string of the molecule is CCCCCCCCOc1ccc(C(=O)NCC(C)C)cc1C(=O)Nc1ccc(C(=O)NCC[N+](CC)(CC)CC)cc1. The van der Waals surface area contributed by atoms with Gasteiger partial charge in [-0.15, -0.1) is 0 Å². The van der Waals surface area contributed by atoms with Crippen LogP contribution in [0.3, 0.4) is 0 Å². The van der Waals surface area contributed by atoms with Crippen molar-refractivity contribution in [2.75, 3.05) is 51.2 Å². The van der Waals surface area contributed by atoms with Crippen LogP contribution in [0.15, 0.2) is 42.5 Å². The summed E-state index contributed by atoms with van der Waals surface area (Å²) in [5, 5.41) is 8.84. The fraction of sp³-hybridized carbons (Fsp3) is 0.571. The van der Waals surface area contributed by atoms with E-state index in [2.05, 4.69) is 43.6 Å². The highest BCUT2D eigenvalue weighted by Crippen LogP contribution is 2.23. The van der Waals surface area contributed by atoms with E-state index >= 15 is 0 Å². The zero-order chi connectivity index (χ0) is 31.7. The van der Waals surface area contributed by atoms with Gasteiger partial charge in [-0.2, -0.15) is 0 Å². The van der Waals surface area contributed by atoms with Crippen LogP contribution in [0.5, 0.6) is 5.75 Å². The van der Waals surface area contributed by atoms with E-state index < -0.39 is 0 Å². The van der Waals surface area contributed by atoms with Gasteiger partial charge in [0.15, 0.2) is 0 Å². The number of carbonyl (C=O) groups is 3. The number of rotatable bonds is 20. The average Bonchev–Trinajstić information content (AvgIpc) is 3.02. The Bertz CT molecular complexity index is 1130. The zero-order valence-corrected chi connectivity index (χ0v) is 27.4. The molecule has 3 N–H and O–H groups in total. The van der Waals surface area contributed by atoms with Gasteiger partial charge in [0.1, 0.15) is 5.75 Å². The van der Waals surface area contributed by atoms with Crippen LogP contribution in [0.25, 0.3) is 0 Å². The molecule has 0 aliphatic carbocycles. The van der Waals surface area contributed by atoms with Gasteiger partial charge in [0.05, 0.1) is 44.9 Å². The van der Waals surface area contributed by atoms with Gasteiger partial charge in [-0.05, 0) is 75.6 Å². The van der Waals surface area contributed by atoms with Crippen molar-refractivity contribution >= 4 is 23.4 Å². The lowest BCUT2D eigenvalue weighted by molar-refractivity contribution is -0.922. The molecule has 238 valence electrons. The number of amides is 3. The molecule has 0 aromatic heterocycles. The highest BCUT2D eigenvalue weighted by molar-refractivity contribution is 6.08. The summed E-state index contributed by atoms with van der Waals surface area (Å²) >= 11 is 0. The summed E-state index contributed by atoms with van der Waals surface area (Å²) in [7, 11) is 0. The summed E-state index contributed by atoms with van der Waals surface area (Å²) in [5.74, 6) is 0.0244. The Morgan fingerprint density at radius 2 is 1.35 bits per heavy atom. The number of quaternary nitrogens is 1. The van der Waals surface area contributed by atoms with Crippen LogP contribution in [0, 0.1) is 5.92 Å². The first-order valence-electron chi connectivity index (χ1n) is 16.3. The molecule has 0 unspecified atom stereocenters. The molecular formula is C35H55N4O4+. The number of anilines is 1. The van der Waals surface area contributed by atoms with E-state index in [0.717, 1.165) is 43.5 Å². The maximum Gasteiger partial charge on any atom is 0.259 e. The molecule has 2 aromatic rings. The Balaban J connectivity index is 2.08. The average molecular weight is 596 g/mol. The van der Waals surface area contributed by atoms with Crippen molar-refractivity contribution in [3.63, 3.8) is 0 Å². The molecule has 0 spiro atoms. The molecule has 0 aliphatic rings. The summed E-state index contributed by atoms with van der Waals surface area (Å²) < 4.78 is 6.99. The van der Waals surface area contributed by atoms with Gasteiger partial charge in [-0.3, -0.25) is 14.4 Å². The monoisotopic (exact) mass is 595 g/mol. The molecule has 0 heterocycles. The molecule has 3 amide bonds. The number of nitrogens with one attached hydrogen (secondary N) is 3. The second-order valence-electron chi connectivity index (χ2n) is 11.7. The minimum atomic E-state index is -0.374. The van der Waals surface area contributed by atoms with E-state index in [1.807, 2.05) is 13.8 Å². The van der Waals surface area contributed by atoms with Gasteiger partial charge < -0.3 is 25.2 Å². The van der Waals surface area contributed by atoms with Crippen LogP contribution >= 0.6 is 0 Å². The molecule has 2 rings (SSSR count). The number of unbranched alkanes of at least 4 members (excludes halogenated alkanes) is 5. The fourth-order valence-corrected chi connectivity index (χ4v) is 5.00. The van der Waals surface area contributed by atoms with E-state index in [4.69, 9.17) is 4.74 Å². The summed E-state index contributed by atoms with van der Waals surface area (Å²) in [4.78, 5) is 38.9. The molecular weight excluding hydrogens is 540 g/mol. The topological polar surface area (TPSA) is 96.5 Å². The normalized spacial score (nSPS) is 11.3. The molecule has 0 saturated carbocycles. The maximum atomic E-state index is 13.4. The largest absolute Gasteiger partial charge is 0.493 e. The highest BCUT2D eigenvalue weighted by atomic mass is 16.5. The molecule has 0 radical (unpaired) electrons. The van der Waals surface area contributed by atoms with Crippen molar-refractivity contribution in [2.24, 2.45) is 5.92 Å². The van der Waals surface area contributed by atoms with E-state index in [-0.39, 0.29) is 17.7 Å². The molecule has 43 heavy (non-hydrogen) atoms. The predicted octanol–water partition coefficient (Wildman–Crippen LogP) is 6.67. The van der Waals surface area contributed by atoms with Crippen LogP contribution in [-0.2, 0) is 0 Å². The van der Waals surface area contributed by atoms with Crippen molar-refractivity contribution in [1.82, 2.24) is 10.6 Å². The number of hydrogen-bond acceptors (Lipinski definition) is 4. The van der Waals surface area contributed by atoms with Crippen molar-refractivity contribution < 1.29 is 23.6 Å². The third-order valence-electron chi connectivity index (χ3n) is 8.20. The molecule has 8 nitrogen and oxygen atoms in total.